The van der Waals surface area contributed by atoms with Crippen LogP contribution in [-0.2, 0) is 4.79 Å². The molecule has 0 aromatic heterocycles. The smallest absolute Gasteiger partial charge is 0.310 e. The van der Waals surface area contributed by atoms with Gasteiger partial charge in [-0.05, 0) is 37.3 Å². The Morgan fingerprint density at radius 2 is 1.86 bits per heavy atom. The second-order valence-electron chi connectivity index (χ2n) is 6.27. The van der Waals surface area contributed by atoms with Gasteiger partial charge in [-0.25, -0.2) is 4.39 Å². The minimum Gasteiger partial charge on any atom is -0.490 e. The van der Waals surface area contributed by atoms with Crippen molar-refractivity contribution in [3.05, 3.63) is 53.8 Å². The molecule has 158 valence electrons. The summed E-state index contributed by atoms with van der Waals surface area (Å²) in [5.74, 6) is -2.27. The van der Waals surface area contributed by atoms with Gasteiger partial charge in [0.2, 0.25) is 0 Å². The number of carbonyl (C=O) groups excluding carboxylic acids is 1. The molecule has 0 aliphatic heterocycles. The minimum atomic E-state index is -9.94. The third-order valence-corrected chi connectivity index (χ3v) is 4.75. The maximum Gasteiger partial charge on any atom is 0.310 e. The zero-order valence-corrected chi connectivity index (χ0v) is 15.5. The molecule has 2 aromatic rings. The van der Waals surface area contributed by atoms with Crippen LogP contribution in [0.3, 0.4) is 0 Å². The number of anilines is 1. The summed E-state index contributed by atoms with van der Waals surface area (Å²) in [5.41, 5.74) is -3.19. The zero-order chi connectivity index (χ0) is 22.2. The highest BCUT2D eigenvalue weighted by atomic mass is 32.5. The SMILES string of the molecule is CC(O)(COc1ccc(C#N)c(F)c1)C(=O)Nc1cccc(S(F)(F)(F)(F)F)c1. The van der Waals surface area contributed by atoms with Crippen molar-refractivity contribution in [1.29, 1.82) is 5.26 Å². The highest BCUT2D eigenvalue weighted by Crippen LogP contribution is 3.02. The van der Waals surface area contributed by atoms with Gasteiger partial charge in [0.15, 0.2) is 5.60 Å². The molecule has 1 amide bonds. The van der Waals surface area contributed by atoms with E-state index in [4.69, 9.17) is 10.00 Å². The number of halogens is 6. The summed E-state index contributed by atoms with van der Waals surface area (Å²) < 4.78 is 82.9. The van der Waals surface area contributed by atoms with Crippen molar-refractivity contribution in [2.75, 3.05) is 11.9 Å². The molecule has 0 radical (unpaired) electrons. The molecule has 2 rings (SSSR count). The van der Waals surface area contributed by atoms with Crippen molar-refractivity contribution in [1.82, 2.24) is 0 Å². The van der Waals surface area contributed by atoms with Crippen molar-refractivity contribution >= 4 is 21.8 Å². The zero-order valence-electron chi connectivity index (χ0n) is 14.6. The highest BCUT2D eigenvalue weighted by Gasteiger charge is 2.65. The minimum absolute atomic E-state index is 0.0480. The van der Waals surface area contributed by atoms with E-state index in [-0.39, 0.29) is 23.4 Å². The molecule has 0 heterocycles. The summed E-state index contributed by atoms with van der Waals surface area (Å²) in [6.45, 7) is 0.210. The van der Waals surface area contributed by atoms with Crippen molar-refractivity contribution in [3.63, 3.8) is 0 Å². The van der Waals surface area contributed by atoms with E-state index >= 15 is 0 Å². The van der Waals surface area contributed by atoms with Crippen molar-refractivity contribution in [3.8, 4) is 11.8 Å². The van der Waals surface area contributed by atoms with Crippen LogP contribution in [-0.4, -0.2) is 23.2 Å². The van der Waals surface area contributed by atoms with E-state index in [1.807, 2.05) is 5.32 Å². The molecular weight excluding hydrogens is 426 g/mol. The predicted molar refractivity (Wildman–Crippen MR) is 93.7 cm³/mol. The standard InChI is InChI=1S/C17H14F6N2O3S/c1-17(27,10-28-13-6-5-11(9-24)15(18)8-13)16(26)25-12-3-2-4-14(7-12)29(19,20,21,22)23/h2-8,27H,10H2,1H3,(H,25,26). The van der Waals surface area contributed by atoms with E-state index in [9.17, 15) is 33.7 Å². The fourth-order valence-corrected chi connectivity index (χ4v) is 2.73. The van der Waals surface area contributed by atoms with E-state index in [1.54, 1.807) is 6.07 Å². The Bertz CT molecular complexity index is 1000. The molecular formula is C17H14F6N2O3S. The van der Waals surface area contributed by atoms with Crippen molar-refractivity contribution in [2.24, 2.45) is 0 Å². The molecule has 0 aliphatic carbocycles. The van der Waals surface area contributed by atoms with Crippen LogP contribution >= 0.6 is 10.2 Å². The second-order valence-corrected chi connectivity index (χ2v) is 8.68. The van der Waals surface area contributed by atoms with Crippen LogP contribution in [0.2, 0.25) is 0 Å². The molecule has 0 bridgehead atoms. The number of hydrogen-bond donors (Lipinski definition) is 2. The molecule has 1 atom stereocenters. The lowest BCUT2D eigenvalue weighted by Gasteiger charge is -2.40. The number of amides is 1. The second kappa shape index (κ2) is 6.57. The van der Waals surface area contributed by atoms with Crippen LogP contribution in [0.1, 0.15) is 12.5 Å². The van der Waals surface area contributed by atoms with Gasteiger partial charge in [-0.3, -0.25) is 4.79 Å². The number of nitriles is 1. The van der Waals surface area contributed by atoms with E-state index in [1.165, 1.54) is 6.07 Å². The third kappa shape index (κ3) is 5.78. The molecule has 1 unspecified atom stereocenters. The van der Waals surface area contributed by atoms with Crippen molar-refractivity contribution in [2.45, 2.75) is 17.4 Å². The first-order valence-corrected chi connectivity index (χ1v) is 9.67. The number of carbonyl (C=O) groups is 1. The van der Waals surface area contributed by atoms with Crippen LogP contribution in [0.5, 0.6) is 5.75 Å². The van der Waals surface area contributed by atoms with E-state index in [2.05, 4.69) is 0 Å². The lowest BCUT2D eigenvalue weighted by atomic mass is 10.1. The monoisotopic (exact) mass is 440 g/mol. The van der Waals surface area contributed by atoms with Crippen LogP contribution in [0, 0.1) is 17.1 Å². The Balaban J connectivity index is 2.12. The van der Waals surface area contributed by atoms with E-state index in [0.29, 0.717) is 6.07 Å². The lowest BCUT2D eigenvalue weighted by Crippen LogP contribution is -2.45. The fourth-order valence-electron chi connectivity index (χ4n) is 2.05. The Hall–Kier alpha value is -2.91. The van der Waals surface area contributed by atoms with Gasteiger partial charge >= 0.3 is 10.2 Å². The van der Waals surface area contributed by atoms with Gasteiger partial charge in [0.25, 0.3) is 5.91 Å². The van der Waals surface area contributed by atoms with Gasteiger partial charge in [-0.2, -0.15) is 5.26 Å². The normalized spacial score (nSPS) is 16.0. The summed E-state index contributed by atoms with van der Waals surface area (Å²) in [6.07, 6.45) is 0. The quantitative estimate of drug-likeness (QED) is 0.611. The molecule has 12 heteroatoms. The van der Waals surface area contributed by atoms with Gasteiger partial charge in [-0.1, -0.05) is 25.5 Å². The maximum absolute atomic E-state index is 13.5. The summed E-state index contributed by atoms with van der Waals surface area (Å²) >= 11 is 0. The molecule has 5 nitrogen and oxygen atoms in total. The average Bonchev–Trinajstić information content (AvgIpc) is 2.58. The van der Waals surface area contributed by atoms with E-state index in [0.717, 1.165) is 25.1 Å². The van der Waals surface area contributed by atoms with Crippen LogP contribution in [0.4, 0.5) is 29.5 Å². The first-order valence-electron chi connectivity index (χ1n) is 7.72. The number of benzene rings is 2. The largest absolute Gasteiger partial charge is 0.490 e. The summed E-state index contributed by atoms with van der Waals surface area (Å²) in [7, 11) is -9.94. The summed E-state index contributed by atoms with van der Waals surface area (Å²) in [6, 6.07) is 6.54. The fraction of sp³-hybridized carbons (Fsp3) is 0.176. The Kier molecular flexibility index (Phi) is 5.07. The Labute approximate surface area is 161 Å². The molecule has 0 aliphatic rings. The van der Waals surface area contributed by atoms with Crippen LogP contribution < -0.4 is 10.1 Å². The van der Waals surface area contributed by atoms with Crippen LogP contribution in [0.25, 0.3) is 0 Å². The first-order chi connectivity index (χ1) is 13.0. The van der Waals surface area contributed by atoms with E-state index < -0.39 is 44.7 Å². The molecule has 0 saturated carbocycles. The van der Waals surface area contributed by atoms with Gasteiger partial charge in [0, 0.05) is 11.8 Å². The molecule has 0 saturated heterocycles. The average molecular weight is 440 g/mol. The highest BCUT2D eigenvalue weighted by molar-refractivity contribution is 8.45. The van der Waals surface area contributed by atoms with Crippen molar-refractivity contribution < 1.29 is 38.5 Å². The molecule has 0 fully saturated rings. The van der Waals surface area contributed by atoms with Crippen LogP contribution in [0.15, 0.2) is 47.4 Å². The number of hydrogen-bond acceptors (Lipinski definition) is 4. The lowest BCUT2D eigenvalue weighted by molar-refractivity contribution is -0.135. The molecule has 29 heavy (non-hydrogen) atoms. The molecule has 2 aromatic carbocycles. The Morgan fingerprint density at radius 1 is 1.21 bits per heavy atom. The number of nitrogens with zero attached hydrogens (tertiary/aromatic N) is 1. The first kappa shape index (κ1) is 22.4. The number of nitrogens with one attached hydrogen (secondary N) is 1. The number of rotatable bonds is 6. The molecule has 2 N–H and O–H groups in total. The number of aliphatic hydroxyl groups is 1. The third-order valence-electron chi connectivity index (χ3n) is 3.61. The van der Waals surface area contributed by atoms with Gasteiger partial charge in [0.1, 0.15) is 29.1 Å². The van der Waals surface area contributed by atoms with Gasteiger partial charge < -0.3 is 15.2 Å². The summed E-state index contributed by atoms with van der Waals surface area (Å²) in [4.78, 5) is 9.92. The maximum atomic E-state index is 13.5. The molecule has 0 spiro atoms. The van der Waals surface area contributed by atoms with Gasteiger partial charge in [-0.15, -0.1) is 0 Å². The topological polar surface area (TPSA) is 82.3 Å². The number of ether oxygens (including phenoxy) is 1. The predicted octanol–water partition coefficient (Wildman–Crippen LogP) is 5.12. The Morgan fingerprint density at radius 3 is 2.41 bits per heavy atom. The van der Waals surface area contributed by atoms with Gasteiger partial charge in [0.05, 0.1) is 5.56 Å². The summed E-state index contributed by atoms with van der Waals surface area (Å²) in [5, 5.41) is 20.7.